The van der Waals surface area contributed by atoms with Crippen LogP contribution in [0.1, 0.15) is 0 Å². The van der Waals surface area contributed by atoms with E-state index >= 15 is 0 Å². The van der Waals surface area contributed by atoms with Crippen molar-refractivity contribution in [2.45, 2.75) is 0 Å². The zero-order chi connectivity index (χ0) is 71.1. The SMILES string of the molecule is c1cc(-c2cc(-n3c4ccccc4c4ccccc43)cc(-n3c4ccccc4c4c(-n5c6ccccc6c6ccccc65)cccc43)c2)cc(-c2cccc3c2c2ccccc2n3-c2cc(-n3c4ccccc4c4ccccc43)cc(-n3c4ccccc4c4c(-n5c6ccccc6c6ccccc65)cccc43)c2)c1. The highest BCUT2D eigenvalue weighted by molar-refractivity contribution is 6.21. The minimum absolute atomic E-state index is 1.05. The van der Waals surface area contributed by atoms with Crippen LogP contribution in [-0.2, 0) is 0 Å². The number of para-hydroxylation sites is 11. The maximum absolute atomic E-state index is 2.52. The number of hydrogen-bond acceptors (Lipinski definition) is 0. The Balaban J connectivity index is 0.728. The molecule has 7 heteroatoms. The molecular weight excluding hydrogens is 1320 g/mol. The molecule has 17 aromatic carbocycles. The van der Waals surface area contributed by atoms with E-state index in [1.54, 1.807) is 0 Å². The number of nitrogens with zero attached hydrogens (tertiary/aromatic N) is 7. The number of fused-ring (bicyclic) bond motifs is 21. The fourth-order valence-corrected chi connectivity index (χ4v) is 19.1. The van der Waals surface area contributed by atoms with Crippen molar-refractivity contribution in [1.82, 2.24) is 32.0 Å². The van der Waals surface area contributed by atoms with Crippen LogP contribution in [-0.4, -0.2) is 32.0 Å². The van der Waals surface area contributed by atoms with Gasteiger partial charge in [0.2, 0.25) is 0 Å². The van der Waals surface area contributed by atoms with Gasteiger partial charge in [0.1, 0.15) is 0 Å². The molecule has 506 valence electrons. The Morgan fingerprint density at radius 3 is 0.679 bits per heavy atom. The summed E-state index contributed by atoms with van der Waals surface area (Å²) in [6, 6.07) is 142. The number of rotatable bonds is 9. The fourth-order valence-electron chi connectivity index (χ4n) is 19.1. The van der Waals surface area contributed by atoms with Crippen LogP contribution in [0.25, 0.3) is 215 Å². The Kier molecular flexibility index (Phi) is 12.6. The summed E-state index contributed by atoms with van der Waals surface area (Å²) < 4.78 is 17.5. The maximum Gasteiger partial charge on any atom is 0.0562 e. The molecule has 24 rings (SSSR count). The van der Waals surface area contributed by atoms with Gasteiger partial charge in [0.25, 0.3) is 0 Å². The molecule has 0 spiro atoms. The number of aromatic nitrogens is 7. The number of benzene rings is 17. The van der Waals surface area contributed by atoms with E-state index in [2.05, 4.69) is 414 Å². The lowest BCUT2D eigenvalue weighted by Gasteiger charge is -2.18. The van der Waals surface area contributed by atoms with Gasteiger partial charge in [0.15, 0.2) is 0 Å². The predicted octanol–water partition coefficient (Wildman–Crippen LogP) is 26.7. The fraction of sp³-hybridized carbons (Fsp3) is 0. The molecule has 0 aliphatic heterocycles. The molecule has 7 nitrogen and oxygen atoms in total. The van der Waals surface area contributed by atoms with Crippen molar-refractivity contribution in [3.05, 3.63) is 382 Å². The van der Waals surface area contributed by atoms with Gasteiger partial charge in [0, 0.05) is 86.8 Å². The van der Waals surface area contributed by atoms with Crippen LogP contribution in [0.3, 0.4) is 0 Å². The van der Waals surface area contributed by atoms with Crippen LogP contribution in [0.5, 0.6) is 0 Å². The maximum atomic E-state index is 2.52. The van der Waals surface area contributed by atoms with E-state index in [1.165, 1.54) is 97.5 Å². The van der Waals surface area contributed by atoms with Gasteiger partial charge in [-0.05, 0) is 162 Å². The summed E-state index contributed by atoms with van der Waals surface area (Å²) in [4.78, 5) is 0. The van der Waals surface area contributed by atoms with E-state index < -0.39 is 0 Å². The van der Waals surface area contributed by atoms with Crippen molar-refractivity contribution < 1.29 is 0 Å². The quantitative estimate of drug-likeness (QED) is 0.138. The molecule has 0 N–H and O–H groups in total. The average Bonchev–Trinajstić information content (AvgIpc) is 1.56. The minimum atomic E-state index is 1.05. The highest BCUT2D eigenvalue weighted by atomic mass is 15.1. The molecule has 0 unspecified atom stereocenters. The van der Waals surface area contributed by atoms with E-state index in [0.717, 1.165) is 117 Å². The third-order valence-electron chi connectivity index (χ3n) is 23.4. The van der Waals surface area contributed by atoms with E-state index in [-0.39, 0.29) is 0 Å². The molecule has 0 atom stereocenters. The van der Waals surface area contributed by atoms with Crippen molar-refractivity contribution >= 4 is 153 Å². The first-order valence-corrected chi connectivity index (χ1v) is 37.6. The smallest absolute Gasteiger partial charge is 0.0562 e. The van der Waals surface area contributed by atoms with Crippen LogP contribution in [0.2, 0.25) is 0 Å². The third-order valence-corrected chi connectivity index (χ3v) is 23.4. The van der Waals surface area contributed by atoms with Gasteiger partial charge in [-0.1, -0.05) is 243 Å². The Morgan fingerprint density at radius 2 is 0.349 bits per heavy atom. The lowest BCUT2D eigenvalue weighted by molar-refractivity contribution is 1.10. The summed E-state index contributed by atoms with van der Waals surface area (Å²) in [5.74, 6) is 0. The molecule has 109 heavy (non-hydrogen) atoms. The summed E-state index contributed by atoms with van der Waals surface area (Å²) in [6.07, 6.45) is 0. The van der Waals surface area contributed by atoms with Gasteiger partial charge >= 0.3 is 0 Å². The van der Waals surface area contributed by atoms with Crippen LogP contribution in [0.15, 0.2) is 382 Å². The second kappa shape index (κ2) is 22.9. The predicted molar refractivity (Wildman–Crippen MR) is 458 cm³/mol. The Hall–Kier alpha value is -14.7. The van der Waals surface area contributed by atoms with Crippen molar-refractivity contribution in [1.29, 1.82) is 0 Å². The highest BCUT2D eigenvalue weighted by Crippen LogP contribution is 2.47. The minimum Gasteiger partial charge on any atom is -0.309 e. The first-order valence-electron chi connectivity index (χ1n) is 37.6. The molecule has 24 aromatic rings. The normalized spacial score (nSPS) is 12.2. The van der Waals surface area contributed by atoms with Crippen molar-refractivity contribution in [2.75, 3.05) is 0 Å². The molecule has 0 amide bonds. The van der Waals surface area contributed by atoms with Gasteiger partial charge in [-0.15, -0.1) is 0 Å². The van der Waals surface area contributed by atoms with Crippen molar-refractivity contribution in [3.63, 3.8) is 0 Å². The van der Waals surface area contributed by atoms with Gasteiger partial charge in [0.05, 0.1) is 106 Å². The van der Waals surface area contributed by atoms with Crippen LogP contribution < -0.4 is 0 Å². The van der Waals surface area contributed by atoms with Gasteiger partial charge in [-0.2, -0.15) is 0 Å². The standard InChI is InChI=1S/C102H63N7/c1-12-41-84-73(29-1)74-30-2-13-42-85(74)103(84)67-58-66(59-68(60-67)105-93-50-21-10-38-82(93)101-96(105)53-25-55-98(101)108-88-45-16-5-33-77(88)78-34-6-17-46-89(78)108)64-27-23-28-65(57-64)72-40-24-52-95-100(72)81-37-9-20-49-92(81)106(95)70-61-69(104-86-43-14-3-31-75(86)76-32-4-15-44-87(76)104)62-71(63-70)107-94-51-22-11-39-83(94)102-97(107)54-26-56-99(102)109-90-47-18-7-35-79(90)80-36-8-19-48-91(80)109/h1-63H. The molecule has 0 bridgehead atoms. The second-order valence-electron chi connectivity index (χ2n) is 29.1. The van der Waals surface area contributed by atoms with Gasteiger partial charge < -0.3 is 32.0 Å². The van der Waals surface area contributed by atoms with Crippen LogP contribution >= 0.6 is 0 Å². The lowest BCUT2D eigenvalue weighted by atomic mass is 9.95. The zero-order valence-corrected chi connectivity index (χ0v) is 59.0. The van der Waals surface area contributed by atoms with Gasteiger partial charge in [-0.3, -0.25) is 0 Å². The lowest BCUT2D eigenvalue weighted by Crippen LogP contribution is -2.03. The largest absolute Gasteiger partial charge is 0.309 e. The molecule has 0 radical (unpaired) electrons. The molecule has 7 aromatic heterocycles. The molecule has 0 saturated carbocycles. The summed E-state index contributed by atoms with van der Waals surface area (Å²) in [5.41, 5.74) is 28.3. The van der Waals surface area contributed by atoms with Crippen molar-refractivity contribution in [2.24, 2.45) is 0 Å². The first-order chi connectivity index (χ1) is 54.1. The zero-order valence-electron chi connectivity index (χ0n) is 59.0. The highest BCUT2D eigenvalue weighted by Gasteiger charge is 2.26. The van der Waals surface area contributed by atoms with Crippen molar-refractivity contribution in [3.8, 4) is 62.1 Å². The van der Waals surface area contributed by atoms with E-state index in [1.807, 2.05) is 0 Å². The topological polar surface area (TPSA) is 34.5 Å². The average molecular weight is 1390 g/mol. The summed E-state index contributed by atoms with van der Waals surface area (Å²) in [7, 11) is 0. The summed E-state index contributed by atoms with van der Waals surface area (Å²) in [5, 5.41) is 17.0. The Bertz CT molecular complexity index is 7800. The molecular formula is C102H63N7. The molecule has 0 aliphatic carbocycles. The summed E-state index contributed by atoms with van der Waals surface area (Å²) in [6.45, 7) is 0. The molecule has 0 aliphatic rings. The Morgan fingerprint density at radius 1 is 0.128 bits per heavy atom. The molecule has 0 saturated heterocycles. The van der Waals surface area contributed by atoms with E-state index in [0.29, 0.717) is 0 Å². The van der Waals surface area contributed by atoms with Crippen LogP contribution in [0.4, 0.5) is 0 Å². The molecule has 0 fully saturated rings. The third kappa shape index (κ3) is 8.52. The first kappa shape index (κ1) is 59.7. The Labute approximate surface area is 624 Å². The summed E-state index contributed by atoms with van der Waals surface area (Å²) >= 11 is 0. The monoisotopic (exact) mass is 1390 g/mol. The molecule has 7 heterocycles. The van der Waals surface area contributed by atoms with Crippen LogP contribution in [0, 0.1) is 0 Å². The van der Waals surface area contributed by atoms with Gasteiger partial charge in [-0.25, -0.2) is 0 Å². The number of hydrogen-bond donors (Lipinski definition) is 0. The van der Waals surface area contributed by atoms with E-state index in [4.69, 9.17) is 0 Å². The van der Waals surface area contributed by atoms with E-state index in [9.17, 15) is 0 Å². The second-order valence-corrected chi connectivity index (χ2v) is 29.1.